The van der Waals surface area contributed by atoms with Crippen molar-refractivity contribution in [1.29, 1.82) is 0 Å². The first-order valence-electron chi connectivity index (χ1n) is 24.8. The number of quaternary nitrogens is 1. The van der Waals surface area contributed by atoms with Crippen LogP contribution in [0.1, 0.15) is 85.2 Å². The minimum absolute atomic E-state index is 0.0880. The van der Waals surface area contributed by atoms with Crippen LogP contribution >= 0.6 is 8.09 Å². The smallest absolute Gasteiger partial charge is 0.414 e. The van der Waals surface area contributed by atoms with Gasteiger partial charge in [-0.3, -0.25) is 14.3 Å². The number of imidazole rings is 2. The first-order chi connectivity index (χ1) is 33.9. The average Bonchev–Trinajstić information content (AvgIpc) is 4.12. The van der Waals surface area contributed by atoms with E-state index in [-0.39, 0.29) is 38.4 Å². The topological polar surface area (TPSA) is 181 Å². The van der Waals surface area contributed by atoms with E-state index < -0.39 is 60.4 Å². The summed E-state index contributed by atoms with van der Waals surface area (Å²) in [6.45, 7) is 29.3. The zero-order valence-corrected chi connectivity index (χ0v) is 47.7. The summed E-state index contributed by atoms with van der Waals surface area (Å²) in [6, 6.07) is 25.6. The number of hydrogen-bond donors (Lipinski definition) is 2. The van der Waals surface area contributed by atoms with Gasteiger partial charge in [0.15, 0.2) is 34.0 Å². The Hall–Kier alpha value is -4.80. The monoisotopic (exact) mass is 1040 g/mol. The SMILES string of the molecule is CC[N+](CC)(CC)O[P+]([O-])(OC[C@H]1O[C@@H](n2cnc3c(=O)[nH]c(NC(c4ccccc4)(c4ccc(OC)cc4)c4ccc(OC)cc4)nc32)[C@H](O[Si](C)(C)C(C)(C)C)[C@@H]1O[Si](C)(C)C(C)(C)C)n1ccnc1. The van der Waals surface area contributed by atoms with Crippen molar-refractivity contribution in [2.45, 2.75) is 129 Å². The Kier molecular flexibility index (Phi) is 16.2. The summed E-state index contributed by atoms with van der Waals surface area (Å²) < 4.78 is 49.7. The van der Waals surface area contributed by atoms with Gasteiger partial charge in [-0.25, -0.2) is 9.97 Å². The molecular formula is C52H76N8O9PSi2+. The highest BCUT2D eigenvalue weighted by molar-refractivity contribution is 7.57. The van der Waals surface area contributed by atoms with Gasteiger partial charge in [-0.1, -0.05) is 96.1 Å². The van der Waals surface area contributed by atoms with E-state index in [4.69, 9.17) is 37.2 Å². The van der Waals surface area contributed by atoms with Gasteiger partial charge in [0, 0.05) is 6.20 Å². The van der Waals surface area contributed by atoms with Crippen LogP contribution in [0.2, 0.25) is 36.3 Å². The normalized spacial score (nSPS) is 19.1. The number of aromatic amines is 1. The molecule has 0 amide bonds. The second-order valence-corrected chi connectivity index (χ2v) is 32.8. The highest BCUT2D eigenvalue weighted by atomic mass is 31.2. The molecule has 1 aliphatic heterocycles. The summed E-state index contributed by atoms with van der Waals surface area (Å²) in [5, 5.41) is 3.28. The lowest BCUT2D eigenvalue weighted by molar-refractivity contribution is -1.08. The van der Waals surface area contributed by atoms with Crippen LogP contribution in [0, 0.1) is 0 Å². The molecule has 1 aliphatic rings. The standard InChI is InChI=1S/C52H75N8O9PSi2/c1-16-60(17-2,18-3)69-70(62,58-33-32-53-35-58)65-34-42-44(67-71(12,13)50(4,5)6)45(68-72(14,15)51(7,8)9)48(66-42)59-36-54-43-46(59)55-49(56-47(43)61)57-52(37-22-20-19-21-23-37,38-24-28-40(63-10)29-25-38)39-26-30-41(64-11)31-27-39/h19-33,35-36,42,44-45,48H,16-18,34H2,1-15H3,(H-,55,56,57,61)/p+1/t42-,44-,45-,48-,70?/m1/s1. The molecule has 3 aromatic heterocycles. The molecule has 0 saturated carbocycles. The van der Waals surface area contributed by atoms with Gasteiger partial charge in [-0.15, -0.1) is 4.65 Å². The predicted octanol–water partition coefficient (Wildman–Crippen LogP) is 9.83. The third kappa shape index (κ3) is 10.9. The van der Waals surface area contributed by atoms with Crippen molar-refractivity contribution in [2.24, 2.45) is 0 Å². The van der Waals surface area contributed by atoms with E-state index >= 15 is 4.89 Å². The molecule has 5 atom stereocenters. The number of H-pyrrole nitrogens is 1. The Bertz CT molecular complexity index is 2720. The summed E-state index contributed by atoms with van der Waals surface area (Å²) in [4.78, 5) is 46.8. The minimum Gasteiger partial charge on any atom is -0.607 e. The van der Waals surface area contributed by atoms with Gasteiger partial charge in [0.1, 0.15) is 67.9 Å². The molecule has 1 saturated heterocycles. The molecule has 7 rings (SSSR count). The molecule has 0 radical (unpaired) electrons. The minimum atomic E-state index is -4.11. The van der Waals surface area contributed by atoms with Crippen LogP contribution in [0.4, 0.5) is 5.95 Å². The van der Waals surface area contributed by atoms with Gasteiger partial charge in [0.05, 0.1) is 26.7 Å². The summed E-state index contributed by atoms with van der Waals surface area (Å²) >= 11 is 0. The summed E-state index contributed by atoms with van der Waals surface area (Å²) in [7, 11) is -6.12. The lowest BCUT2D eigenvalue weighted by Gasteiger charge is -2.44. The number of methoxy groups -OCH3 is 2. The van der Waals surface area contributed by atoms with Crippen molar-refractivity contribution in [2.75, 3.05) is 45.8 Å². The van der Waals surface area contributed by atoms with Crippen molar-refractivity contribution < 1.29 is 41.8 Å². The molecule has 17 nitrogen and oxygen atoms in total. The Labute approximate surface area is 427 Å². The van der Waals surface area contributed by atoms with E-state index in [9.17, 15) is 4.79 Å². The molecular weight excluding hydrogens is 968 g/mol. The van der Waals surface area contributed by atoms with Crippen molar-refractivity contribution in [3.8, 4) is 11.5 Å². The van der Waals surface area contributed by atoms with E-state index in [1.165, 1.54) is 10.7 Å². The first-order valence-corrected chi connectivity index (χ1v) is 32.1. The maximum absolute atomic E-state index is 15.2. The highest BCUT2D eigenvalue weighted by Gasteiger charge is 2.56. The molecule has 0 bridgehead atoms. The fraction of sp³-hybridized carbons (Fsp3) is 0.500. The number of ether oxygens (including phenoxy) is 3. The number of hydrogen-bond acceptors (Lipinski definition) is 13. The number of aromatic nitrogens is 6. The molecule has 1 fully saturated rings. The van der Waals surface area contributed by atoms with Gasteiger partial charge in [-0.2, -0.15) is 13.8 Å². The number of rotatable bonds is 21. The van der Waals surface area contributed by atoms with Crippen molar-refractivity contribution in [3.05, 3.63) is 131 Å². The molecule has 1 unspecified atom stereocenters. The zero-order chi connectivity index (χ0) is 52.5. The van der Waals surface area contributed by atoms with Crippen molar-refractivity contribution >= 4 is 41.8 Å². The molecule has 390 valence electrons. The predicted molar refractivity (Wildman–Crippen MR) is 286 cm³/mol. The second-order valence-electron chi connectivity index (χ2n) is 21.5. The molecule has 0 aliphatic carbocycles. The van der Waals surface area contributed by atoms with Crippen LogP contribution in [-0.4, -0.2) is 109 Å². The van der Waals surface area contributed by atoms with Gasteiger partial charge in [0.2, 0.25) is 5.95 Å². The van der Waals surface area contributed by atoms with E-state index in [0.717, 1.165) is 16.7 Å². The van der Waals surface area contributed by atoms with Gasteiger partial charge in [0.25, 0.3) is 5.56 Å². The summed E-state index contributed by atoms with van der Waals surface area (Å²) in [5.74, 6) is 1.54. The fourth-order valence-corrected chi connectivity index (χ4v) is 13.0. The average molecular weight is 1040 g/mol. The lowest BCUT2D eigenvalue weighted by Crippen LogP contribution is -2.54. The Balaban J connectivity index is 1.40. The molecule has 3 aromatic carbocycles. The van der Waals surface area contributed by atoms with E-state index in [1.54, 1.807) is 37.5 Å². The third-order valence-corrected chi connectivity index (χ3v) is 26.0. The maximum Gasteiger partial charge on any atom is 0.414 e. The number of nitrogens with one attached hydrogen (secondary N) is 2. The van der Waals surface area contributed by atoms with Gasteiger partial charge < -0.3 is 33.3 Å². The summed E-state index contributed by atoms with van der Waals surface area (Å²) in [5.41, 5.74) is 1.32. The van der Waals surface area contributed by atoms with Crippen molar-refractivity contribution in [3.63, 3.8) is 0 Å². The lowest BCUT2D eigenvalue weighted by atomic mass is 9.77. The zero-order valence-electron chi connectivity index (χ0n) is 44.8. The number of benzene rings is 3. The highest BCUT2D eigenvalue weighted by Crippen LogP contribution is 2.57. The molecule has 0 spiro atoms. The van der Waals surface area contributed by atoms with Crippen LogP contribution in [0.3, 0.4) is 0 Å². The molecule has 6 aromatic rings. The van der Waals surface area contributed by atoms with Crippen LogP contribution in [0.15, 0.2) is 109 Å². The van der Waals surface area contributed by atoms with Crippen molar-refractivity contribution in [1.82, 2.24) is 28.8 Å². The largest absolute Gasteiger partial charge is 0.607 e. The number of nitrogens with zero attached hydrogens (tertiary/aromatic N) is 6. The Morgan fingerprint density at radius 3 is 1.79 bits per heavy atom. The first kappa shape index (κ1) is 55.0. The van der Waals surface area contributed by atoms with E-state index in [2.05, 4.69) is 88.0 Å². The van der Waals surface area contributed by atoms with E-state index in [1.807, 2.05) is 99.6 Å². The molecule has 4 heterocycles. The van der Waals surface area contributed by atoms with Crippen LogP contribution in [0.5, 0.6) is 11.5 Å². The quantitative estimate of drug-likeness (QED) is 0.0229. The number of anilines is 1. The van der Waals surface area contributed by atoms with Gasteiger partial charge >= 0.3 is 8.09 Å². The van der Waals surface area contributed by atoms with Crippen LogP contribution in [0.25, 0.3) is 11.2 Å². The molecule has 2 N–H and O–H groups in total. The third-order valence-electron chi connectivity index (χ3n) is 15.2. The van der Waals surface area contributed by atoms with Gasteiger partial charge in [-0.05, 0) is 103 Å². The molecule has 20 heteroatoms. The fourth-order valence-electron chi connectivity index (χ4n) is 8.56. The van der Waals surface area contributed by atoms with Crippen LogP contribution < -0.4 is 25.2 Å². The number of hydroxylamine groups is 3. The van der Waals surface area contributed by atoms with Crippen LogP contribution in [-0.2, 0) is 28.3 Å². The maximum atomic E-state index is 15.2. The second kappa shape index (κ2) is 21.2. The Morgan fingerprint density at radius 1 is 0.778 bits per heavy atom. The molecule has 72 heavy (non-hydrogen) atoms. The Morgan fingerprint density at radius 2 is 1.31 bits per heavy atom. The van der Waals surface area contributed by atoms with E-state index in [0.29, 0.717) is 31.1 Å². The summed E-state index contributed by atoms with van der Waals surface area (Å²) in [6.07, 6.45) is 2.86. The number of fused-ring (bicyclic) bond motifs is 1.